The van der Waals surface area contributed by atoms with E-state index >= 15 is 0 Å². The van der Waals surface area contributed by atoms with Crippen LogP contribution < -0.4 is 16.6 Å². The number of anilines is 1. The van der Waals surface area contributed by atoms with Crippen LogP contribution in [0.2, 0.25) is 5.02 Å². The number of aromatic nitrogens is 1. The molecule has 5 nitrogen and oxygen atoms in total. The Hall–Kier alpha value is -2.25. The summed E-state index contributed by atoms with van der Waals surface area (Å²) in [7, 11) is 0. The zero-order valence-corrected chi connectivity index (χ0v) is 11.4. The van der Waals surface area contributed by atoms with Gasteiger partial charge in [0.15, 0.2) is 0 Å². The van der Waals surface area contributed by atoms with Gasteiger partial charge in [-0.3, -0.25) is 4.79 Å². The number of hydrazine groups is 1. The average molecular weight is 313 g/mol. The van der Waals surface area contributed by atoms with Crippen LogP contribution in [0.25, 0.3) is 0 Å². The third-order valence-corrected chi connectivity index (χ3v) is 2.97. The number of nitrogens with one attached hydrogen (secondary N) is 2. The molecule has 1 heterocycles. The molecule has 0 fully saturated rings. The predicted molar refractivity (Wildman–Crippen MR) is 74.6 cm³/mol. The second-order valence-electron chi connectivity index (χ2n) is 4.09. The summed E-state index contributed by atoms with van der Waals surface area (Å²) >= 11 is 5.87. The van der Waals surface area contributed by atoms with Crippen LogP contribution in [0, 0.1) is 11.6 Å². The number of nitrogen functional groups attached to an aromatic ring is 1. The molecule has 0 spiro atoms. The van der Waals surface area contributed by atoms with Gasteiger partial charge in [-0.15, -0.1) is 0 Å². The Morgan fingerprint density at radius 3 is 2.71 bits per heavy atom. The number of hydrogen-bond acceptors (Lipinski definition) is 4. The molecule has 2 aromatic rings. The van der Waals surface area contributed by atoms with Crippen molar-refractivity contribution in [3.63, 3.8) is 0 Å². The van der Waals surface area contributed by atoms with Gasteiger partial charge < -0.3 is 10.7 Å². The second kappa shape index (κ2) is 6.47. The fraction of sp³-hybridized carbons (Fsp3) is 0.0769. The van der Waals surface area contributed by atoms with Crippen LogP contribution in [0.4, 0.5) is 14.6 Å². The summed E-state index contributed by atoms with van der Waals surface area (Å²) in [4.78, 5) is 15.9. The van der Waals surface area contributed by atoms with Gasteiger partial charge in [0.05, 0.1) is 5.02 Å². The Balaban J connectivity index is 2.11. The average Bonchev–Trinajstić information content (AvgIpc) is 2.46. The summed E-state index contributed by atoms with van der Waals surface area (Å²) in [5.74, 6) is 3.43. The van der Waals surface area contributed by atoms with Crippen molar-refractivity contribution in [1.29, 1.82) is 0 Å². The number of benzene rings is 1. The van der Waals surface area contributed by atoms with E-state index in [1.165, 1.54) is 18.2 Å². The molecule has 1 amide bonds. The van der Waals surface area contributed by atoms with Crippen molar-refractivity contribution in [2.45, 2.75) is 6.54 Å². The third kappa shape index (κ3) is 3.65. The smallest absolute Gasteiger partial charge is 0.271 e. The number of amides is 1. The van der Waals surface area contributed by atoms with Crippen molar-refractivity contribution in [1.82, 2.24) is 10.3 Å². The van der Waals surface area contributed by atoms with Gasteiger partial charge in [-0.2, -0.15) is 0 Å². The van der Waals surface area contributed by atoms with E-state index in [4.69, 9.17) is 17.4 Å². The summed E-state index contributed by atoms with van der Waals surface area (Å²) in [6.45, 7) is -0.122. The molecule has 0 aliphatic rings. The third-order valence-electron chi connectivity index (χ3n) is 2.66. The molecular weight excluding hydrogens is 302 g/mol. The first kappa shape index (κ1) is 15.1. The molecule has 0 radical (unpaired) electrons. The van der Waals surface area contributed by atoms with Crippen molar-refractivity contribution < 1.29 is 13.6 Å². The van der Waals surface area contributed by atoms with Crippen LogP contribution in [0.15, 0.2) is 30.3 Å². The molecule has 4 N–H and O–H groups in total. The number of nitrogens with two attached hydrogens (primary N) is 1. The molecule has 21 heavy (non-hydrogen) atoms. The molecule has 0 bridgehead atoms. The van der Waals surface area contributed by atoms with Crippen LogP contribution in [0.5, 0.6) is 0 Å². The molecule has 0 unspecified atom stereocenters. The maximum Gasteiger partial charge on any atom is 0.271 e. The number of carbonyl (C=O) groups excluding carboxylic acids is 1. The molecular formula is C13H11ClF2N4O. The van der Waals surface area contributed by atoms with Crippen molar-refractivity contribution >= 4 is 23.3 Å². The molecule has 1 aromatic carbocycles. The maximum absolute atomic E-state index is 13.4. The predicted octanol–water partition coefficient (Wildman–Crippen LogP) is 2.23. The number of halogens is 3. The molecule has 8 heteroatoms. The van der Waals surface area contributed by atoms with E-state index < -0.39 is 17.5 Å². The quantitative estimate of drug-likeness (QED) is 0.597. The van der Waals surface area contributed by atoms with Crippen molar-refractivity contribution in [3.05, 3.63) is 58.2 Å². The maximum atomic E-state index is 13.4. The zero-order valence-electron chi connectivity index (χ0n) is 10.7. The van der Waals surface area contributed by atoms with E-state index in [2.05, 4.69) is 15.7 Å². The molecule has 0 saturated heterocycles. The minimum Gasteiger partial charge on any atom is -0.346 e. The molecule has 0 aliphatic carbocycles. The minimum absolute atomic E-state index is 0.0466. The van der Waals surface area contributed by atoms with E-state index in [0.29, 0.717) is 0 Å². The van der Waals surface area contributed by atoms with E-state index in [-0.39, 0.29) is 28.6 Å². The molecule has 1 aromatic heterocycles. The van der Waals surface area contributed by atoms with Gasteiger partial charge in [-0.25, -0.2) is 19.6 Å². The Kier molecular flexibility index (Phi) is 4.66. The van der Waals surface area contributed by atoms with Crippen LogP contribution in [-0.2, 0) is 6.54 Å². The second-order valence-corrected chi connectivity index (χ2v) is 4.50. The molecule has 0 saturated carbocycles. The molecule has 2 rings (SSSR count). The Labute approximate surface area is 124 Å². The Morgan fingerprint density at radius 1 is 1.29 bits per heavy atom. The first-order valence-electron chi connectivity index (χ1n) is 5.86. The van der Waals surface area contributed by atoms with E-state index in [0.717, 1.165) is 12.1 Å². The lowest BCUT2D eigenvalue weighted by Gasteiger charge is -2.08. The highest BCUT2D eigenvalue weighted by atomic mass is 35.5. The number of carbonyl (C=O) groups is 1. The van der Waals surface area contributed by atoms with Gasteiger partial charge in [-0.05, 0) is 18.2 Å². The highest BCUT2D eigenvalue weighted by Gasteiger charge is 2.14. The van der Waals surface area contributed by atoms with Crippen molar-refractivity contribution in [2.75, 3.05) is 5.43 Å². The normalized spacial score (nSPS) is 10.3. The standard InChI is InChI=1S/C13H11ClF2N4O/c14-9-3-4-11(20-17)19-12(9)13(21)18-6-7-1-2-8(15)5-10(7)16/h1-5H,6,17H2,(H,18,21)(H,19,20). The Morgan fingerprint density at radius 2 is 2.05 bits per heavy atom. The summed E-state index contributed by atoms with van der Waals surface area (Å²) < 4.78 is 26.2. The molecule has 0 atom stereocenters. The van der Waals surface area contributed by atoms with Crippen molar-refractivity contribution in [3.8, 4) is 0 Å². The summed E-state index contributed by atoms with van der Waals surface area (Å²) in [6, 6.07) is 6.05. The van der Waals surface area contributed by atoms with Crippen LogP contribution in [0.3, 0.4) is 0 Å². The van der Waals surface area contributed by atoms with Gasteiger partial charge >= 0.3 is 0 Å². The van der Waals surface area contributed by atoms with Gasteiger partial charge in [0, 0.05) is 18.2 Å². The van der Waals surface area contributed by atoms with Gasteiger partial charge in [-0.1, -0.05) is 17.7 Å². The number of nitrogens with zero attached hydrogens (tertiary/aromatic N) is 1. The van der Waals surface area contributed by atoms with Gasteiger partial charge in [0.2, 0.25) is 0 Å². The minimum atomic E-state index is -0.744. The van der Waals surface area contributed by atoms with E-state index in [9.17, 15) is 13.6 Å². The molecule has 0 aliphatic heterocycles. The van der Waals surface area contributed by atoms with E-state index in [1.54, 1.807) is 0 Å². The molecule has 110 valence electrons. The van der Waals surface area contributed by atoms with Crippen molar-refractivity contribution in [2.24, 2.45) is 5.84 Å². The zero-order chi connectivity index (χ0) is 15.4. The first-order valence-corrected chi connectivity index (χ1v) is 6.24. The van der Waals surface area contributed by atoms with Crippen LogP contribution in [0.1, 0.15) is 16.1 Å². The summed E-state index contributed by atoms with van der Waals surface area (Å²) in [5.41, 5.74) is 2.39. The van der Waals surface area contributed by atoms with Gasteiger partial charge in [0.25, 0.3) is 5.91 Å². The topological polar surface area (TPSA) is 80.0 Å². The van der Waals surface area contributed by atoms with Gasteiger partial charge in [0.1, 0.15) is 23.1 Å². The summed E-state index contributed by atoms with van der Waals surface area (Å²) in [5, 5.41) is 2.58. The lowest BCUT2D eigenvalue weighted by atomic mass is 10.2. The fourth-order valence-corrected chi connectivity index (χ4v) is 1.80. The number of rotatable bonds is 4. The highest BCUT2D eigenvalue weighted by Crippen LogP contribution is 2.16. The monoisotopic (exact) mass is 312 g/mol. The Bertz CT molecular complexity index is 681. The SMILES string of the molecule is NNc1ccc(Cl)c(C(=O)NCc2ccc(F)cc2F)n1. The first-order chi connectivity index (χ1) is 10.0. The van der Waals surface area contributed by atoms with Crippen LogP contribution >= 0.6 is 11.6 Å². The number of pyridine rings is 1. The summed E-state index contributed by atoms with van der Waals surface area (Å²) in [6.07, 6.45) is 0. The van der Waals surface area contributed by atoms with Crippen LogP contribution in [-0.4, -0.2) is 10.9 Å². The highest BCUT2D eigenvalue weighted by molar-refractivity contribution is 6.33. The number of hydrogen-bond donors (Lipinski definition) is 3. The lowest BCUT2D eigenvalue weighted by molar-refractivity contribution is 0.0946. The lowest BCUT2D eigenvalue weighted by Crippen LogP contribution is -2.25. The largest absolute Gasteiger partial charge is 0.346 e. The van der Waals surface area contributed by atoms with E-state index in [1.807, 2.05) is 0 Å². The fourth-order valence-electron chi connectivity index (χ4n) is 1.61.